The molecule has 2 aromatic rings. The quantitative estimate of drug-likeness (QED) is 0.942. The highest BCUT2D eigenvalue weighted by atomic mass is 79.9. The summed E-state index contributed by atoms with van der Waals surface area (Å²) in [6.07, 6.45) is 1.46. The maximum atomic E-state index is 13.2. The van der Waals surface area contributed by atoms with Crippen LogP contribution in [0.5, 0.6) is 5.88 Å². The maximum absolute atomic E-state index is 13.2. The van der Waals surface area contributed by atoms with Gasteiger partial charge in [-0.3, -0.25) is 4.79 Å². The maximum Gasteiger partial charge on any atom is 0.255 e. The predicted molar refractivity (Wildman–Crippen MR) is 72.8 cm³/mol. The van der Waals surface area contributed by atoms with Gasteiger partial charge in [0.2, 0.25) is 5.88 Å². The second-order valence-corrected chi connectivity index (χ2v) is 4.62. The van der Waals surface area contributed by atoms with E-state index in [0.717, 1.165) is 6.07 Å². The zero-order valence-electron chi connectivity index (χ0n) is 9.98. The number of nitrogens with zero attached hydrogens (tertiary/aromatic N) is 1. The smallest absolute Gasteiger partial charge is 0.255 e. The molecule has 1 N–H and O–H groups in total. The van der Waals surface area contributed by atoms with E-state index in [1.54, 1.807) is 12.1 Å². The van der Waals surface area contributed by atoms with Gasteiger partial charge in [-0.1, -0.05) is 15.9 Å². The van der Waals surface area contributed by atoms with Gasteiger partial charge in [0.25, 0.3) is 5.91 Å². The van der Waals surface area contributed by atoms with Crippen molar-refractivity contribution in [3.63, 3.8) is 0 Å². The molecule has 1 heterocycles. The third kappa shape index (κ3) is 3.51. The Labute approximate surface area is 117 Å². The first-order valence-electron chi connectivity index (χ1n) is 5.36. The number of hydrogen-bond donors (Lipinski definition) is 1. The number of ether oxygens (including phenoxy) is 1. The topological polar surface area (TPSA) is 51.2 Å². The first-order chi connectivity index (χ1) is 9.08. The van der Waals surface area contributed by atoms with Crippen molar-refractivity contribution in [3.8, 4) is 5.88 Å². The normalized spacial score (nSPS) is 10.1. The number of benzene rings is 1. The Morgan fingerprint density at radius 2 is 2.16 bits per heavy atom. The van der Waals surface area contributed by atoms with E-state index < -0.39 is 11.7 Å². The lowest BCUT2D eigenvalue weighted by Crippen LogP contribution is -2.12. The van der Waals surface area contributed by atoms with Crippen LogP contribution in [0.1, 0.15) is 10.4 Å². The van der Waals surface area contributed by atoms with Crippen molar-refractivity contribution in [3.05, 3.63) is 52.4 Å². The average Bonchev–Trinajstić information content (AvgIpc) is 2.38. The number of aromatic nitrogens is 1. The van der Waals surface area contributed by atoms with E-state index in [2.05, 4.69) is 26.2 Å². The first kappa shape index (κ1) is 13.5. The SMILES string of the molecule is COc1ccc(NC(=O)c2cc(F)cc(Br)c2)cn1. The van der Waals surface area contributed by atoms with Crippen molar-refractivity contribution in [2.45, 2.75) is 0 Å². The second kappa shape index (κ2) is 5.79. The molecule has 0 spiro atoms. The fraction of sp³-hybridized carbons (Fsp3) is 0.0769. The van der Waals surface area contributed by atoms with E-state index in [0.29, 0.717) is 16.0 Å². The molecule has 0 radical (unpaired) electrons. The Morgan fingerprint density at radius 3 is 2.74 bits per heavy atom. The Hall–Kier alpha value is -1.95. The molecule has 6 heteroatoms. The van der Waals surface area contributed by atoms with Crippen LogP contribution in [0.15, 0.2) is 41.0 Å². The third-order valence-corrected chi connectivity index (χ3v) is 2.79. The molecule has 0 aliphatic heterocycles. The molecule has 0 aliphatic rings. The molecule has 0 saturated heterocycles. The molecule has 1 aromatic heterocycles. The fourth-order valence-corrected chi connectivity index (χ4v) is 1.93. The summed E-state index contributed by atoms with van der Waals surface area (Å²) in [6.45, 7) is 0. The van der Waals surface area contributed by atoms with E-state index >= 15 is 0 Å². The summed E-state index contributed by atoms with van der Waals surface area (Å²) in [5.74, 6) is -0.439. The Morgan fingerprint density at radius 1 is 1.37 bits per heavy atom. The van der Waals surface area contributed by atoms with Crippen LogP contribution in [0, 0.1) is 5.82 Å². The molecule has 19 heavy (non-hydrogen) atoms. The monoisotopic (exact) mass is 324 g/mol. The van der Waals surface area contributed by atoms with Gasteiger partial charge < -0.3 is 10.1 Å². The molecule has 98 valence electrons. The summed E-state index contributed by atoms with van der Waals surface area (Å²) >= 11 is 3.14. The third-order valence-electron chi connectivity index (χ3n) is 2.33. The Kier molecular flexibility index (Phi) is 4.11. The van der Waals surface area contributed by atoms with Crippen molar-refractivity contribution in [1.82, 2.24) is 4.98 Å². The van der Waals surface area contributed by atoms with Crippen LogP contribution in [-0.4, -0.2) is 18.0 Å². The molecule has 4 nitrogen and oxygen atoms in total. The van der Waals surface area contributed by atoms with Crippen LogP contribution < -0.4 is 10.1 Å². The van der Waals surface area contributed by atoms with Crippen LogP contribution >= 0.6 is 15.9 Å². The number of rotatable bonds is 3. The number of anilines is 1. The molecule has 0 bridgehead atoms. The van der Waals surface area contributed by atoms with Gasteiger partial charge in [0.15, 0.2) is 0 Å². The zero-order chi connectivity index (χ0) is 13.8. The summed E-state index contributed by atoms with van der Waals surface area (Å²) in [5.41, 5.74) is 0.730. The Bertz CT molecular complexity index is 582. The Balaban J connectivity index is 2.15. The van der Waals surface area contributed by atoms with Gasteiger partial charge >= 0.3 is 0 Å². The number of amides is 1. The molecule has 0 saturated carbocycles. The lowest BCUT2D eigenvalue weighted by atomic mass is 10.2. The zero-order valence-corrected chi connectivity index (χ0v) is 11.6. The number of hydrogen-bond acceptors (Lipinski definition) is 3. The molecule has 0 unspecified atom stereocenters. The van der Waals surface area contributed by atoms with E-state index in [1.807, 2.05) is 0 Å². The van der Waals surface area contributed by atoms with Crippen LogP contribution in [0.4, 0.5) is 10.1 Å². The van der Waals surface area contributed by atoms with Gasteiger partial charge in [-0.05, 0) is 24.3 Å². The number of methoxy groups -OCH3 is 1. The summed E-state index contributed by atoms with van der Waals surface area (Å²) in [6, 6.07) is 7.26. The van der Waals surface area contributed by atoms with Gasteiger partial charge in [0, 0.05) is 16.1 Å². The van der Waals surface area contributed by atoms with E-state index in [4.69, 9.17) is 4.74 Å². The largest absolute Gasteiger partial charge is 0.481 e. The highest BCUT2D eigenvalue weighted by molar-refractivity contribution is 9.10. The summed E-state index contributed by atoms with van der Waals surface area (Å²) in [5, 5.41) is 2.62. The van der Waals surface area contributed by atoms with E-state index in [1.165, 1.54) is 25.4 Å². The van der Waals surface area contributed by atoms with Crippen LogP contribution in [-0.2, 0) is 0 Å². The van der Waals surface area contributed by atoms with E-state index in [-0.39, 0.29) is 5.56 Å². The van der Waals surface area contributed by atoms with E-state index in [9.17, 15) is 9.18 Å². The van der Waals surface area contributed by atoms with Gasteiger partial charge in [0.1, 0.15) is 5.82 Å². The lowest BCUT2D eigenvalue weighted by molar-refractivity contribution is 0.102. The van der Waals surface area contributed by atoms with Crippen LogP contribution in [0.25, 0.3) is 0 Å². The second-order valence-electron chi connectivity index (χ2n) is 3.70. The first-order valence-corrected chi connectivity index (χ1v) is 6.15. The van der Waals surface area contributed by atoms with Crippen molar-refractivity contribution < 1.29 is 13.9 Å². The summed E-state index contributed by atoms with van der Waals surface area (Å²) < 4.78 is 18.6. The minimum atomic E-state index is -0.479. The number of halogens is 2. The molecule has 1 amide bonds. The minimum absolute atomic E-state index is 0.225. The molecule has 0 aliphatic carbocycles. The molecule has 2 rings (SSSR count). The molecule has 0 atom stereocenters. The minimum Gasteiger partial charge on any atom is -0.481 e. The highest BCUT2D eigenvalue weighted by Gasteiger charge is 2.09. The standard InChI is InChI=1S/C13H10BrFN2O2/c1-19-12-3-2-11(7-16-12)17-13(18)8-4-9(14)6-10(15)5-8/h2-7H,1H3,(H,17,18). The predicted octanol–water partition coefficient (Wildman–Crippen LogP) is 3.24. The van der Waals surface area contributed by atoms with Crippen LogP contribution in [0.2, 0.25) is 0 Å². The number of carbonyl (C=O) groups is 1. The highest BCUT2D eigenvalue weighted by Crippen LogP contribution is 2.17. The fourth-order valence-electron chi connectivity index (χ4n) is 1.46. The van der Waals surface area contributed by atoms with Crippen molar-refractivity contribution in [1.29, 1.82) is 0 Å². The average molecular weight is 325 g/mol. The van der Waals surface area contributed by atoms with Gasteiger partial charge in [-0.15, -0.1) is 0 Å². The molecule has 0 fully saturated rings. The van der Waals surface area contributed by atoms with Gasteiger partial charge in [-0.2, -0.15) is 0 Å². The number of nitrogens with one attached hydrogen (secondary N) is 1. The van der Waals surface area contributed by atoms with Gasteiger partial charge in [0.05, 0.1) is 19.0 Å². The molecule has 1 aromatic carbocycles. The number of pyridine rings is 1. The lowest BCUT2D eigenvalue weighted by Gasteiger charge is -2.06. The van der Waals surface area contributed by atoms with Crippen molar-refractivity contribution in [2.75, 3.05) is 12.4 Å². The van der Waals surface area contributed by atoms with Gasteiger partial charge in [-0.25, -0.2) is 9.37 Å². The van der Waals surface area contributed by atoms with Crippen molar-refractivity contribution in [2.24, 2.45) is 0 Å². The molecular weight excluding hydrogens is 315 g/mol. The molecular formula is C13H10BrFN2O2. The number of carbonyl (C=O) groups excluding carboxylic acids is 1. The summed E-state index contributed by atoms with van der Waals surface area (Å²) in [4.78, 5) is 15.9. The van der Waals surface area contributed by atoms with Crippen molar-refractivity contribution >= 4 is 27.5 Å². The van der Waals surface area contributed by atoms with Crippen LogP contribution in [0.3, 0.4) is 0 Å². The summed E-state index contributed by atoms with van der Waals surface area (Å²) in [7, 11) is 1.50.